The topological polar surface area (TPSA) is 135 Å². The number of rotatable bonds is 6. The molecule has 2 aromatic heterocycles. The highest BCUT2D eigenvalue weighted by Crippen LogP contribution is 2.43. The van der Waals surface area contributed by atoms with Crippen molar-refractivity contribution >= 4 is 49.1 Å². The molecule has 4 atom stereocenters. The Labute approximate surface area is 288 Å². The number of amides is 1. The molecule has 10 nitrogen and oxygen atoms in total. The zero-order valence-corrected chi connectivity index (χ0v) is 28.6. The Morgan fingerprint density at radius 3 is 2.61 bits per heavy atom. The van der Waals surface area contributed by atoms with Gasteiger partial charge in [0.05, 0.1) is 34.5 Å². The predicted octanol–water partition coefficient (Wildman–Crippen LogP) is 6.18. The van der Waals surface area contributed by atoms with E-state index in [4.69, 9.17) is 10.5 Å². The fourth-order valence-corrected chi connectivity index (χ4v) is 8.62. The summed E-state index contributed by atoms with van der Waals surface area (Å²) in [6, 6.07) is 11.4. The maximum atomic E-state index is 14.7. The number of methoxy groups -OCH3 is 1. The summed E-state index contributed by atoms with van der Waals surface area (Å²) in [5, 5.41) is 21.4. The van der Waals surface area contributed by atoms with Crippen LogP contribution >= 0.6 is 11.3 Å². The molecule has 13 heteroatoms. The standard InChI is InChI=1S/C29H26FN7O2S.C7H12FN/c1-5-23(38)37-12-11-22(15(37)3)36(6-2)28-18-8-7-16(19(13-31)25(18)34-29(35-28)39-4)17-9-10-21(30)26-24(17)20(14-32)27(33)40-26;8-6-4-7-2-1-3-9(7)5-6/h5,7-10,15,22H,1,6,11-12,33H2,2-4H3;6-7H,1-5H2. The minimum atomic E-state index is -0.518. The first-order valence-electron chi connectivity index (χ1n) is 16.4. The van der Waals surface area contributed by atoms with E-state index in [1.54, 1.807) is 17.0 Å². The van der Waals surface area contributed by atoms with E-state index in [2.05, 4.69) is 38.5 Å². The predicted molar refractivity (Wildman–Crippen MR) is 188 cm³/mol. The number of aromatic nitrogens is 2. The Kier molecular flexibility index (Phi) is 9.68. The number of thiophene rings is 1. The minimum Gasteiger partial charge on any atom is -0.467 e. The quantitative estimate of drug-likeness (QED) is 0.236. The van der Waals surface area contributed by atoms with E-state index in [9.17, 15) is 24.1 Å². The molecule has 2 aromatic carbocycles. The lowest BCUT2D eigenvalue weighted by molar-refractivity contribution is -0.126. The van der Waals surface area contributed by atoms with E-state index in [0.717, 1.165) is 30.7 Å². The number of hydrogen-bond donors (Lipinski definition) is 1. The van der Waals surface area contributed by atoms with Crippen molar-refractivity contribution in [3.63, 3.8) is 0 Å². The van der Waals surface area contributed by atoms with Gasteiger partial charge in [0, 0.05) is 48.1 Å². The number of nitrogen functional groups attached to an aromatic ring is 1. The van der Waals surface area contributed by atoms with E-state index in [0.29, 0.717) is 58.9 Å². The minimum absolute atomic E-state index is 0.0365. The molecule has 2 N–H and O–H groups in total. The first kappa shape index (κ1) is 34.0. The number of anilines is 2. The summed E-state index contributed by atoms with van der Waals surface area (Å²) >= 11 is 1.00. The molecule has 0 spiro atoms. The van der Waals surface area contributed by atoms with Gasteiger partial charge in [-0.2, -0.15) is 20.5 Å². The number of fused-ring (bicyclic) bond motifs is 3. The SMILES string of the molecule is C=CC(=O)N1CCC(N(CC)c2nc(OC)nc3c(C#N)c(-c4ccc(F)c5sc(N)c(C#N)c45)ccc23)C1C.FC1CC2CCCN2C1. The third kappa shape index (κ3) is 6.02. The van der Waals surface area contributed by atoms with E-state index in [-0.39, 0.29) is 44.8 Å². The monoisotopic (exact) mass is 684 g/mol. The Hall–Kier alpha value is -4.85. The molecule has 4 unspecified atom stereocenters. The van der Waals surface area contributed by atoms with Crippen molar-refractivity contribution in [1.29, 1.82) is 10.5 Å². The second-order valence-corrected chi connectivity index (χ2v) is 13.6. The lowest BCUT2D eigenvalue weighted by Gasteiger charge is -2.34. The van der Waals surface area contributed by atoms with Gasteiger partial charge in [0.2, 0.25) is 5.91 Å². The van der Waals surface area contributed by atoms with Gasteiger partial charge in [-0.15, -0.1) is 11.3 Å². The number of likely N-dealkylation sites (tertiary alicyclic amines) is 1. The first-order valence-corrected chi connectivity index (χ1v) is 17.2. The second-order valence-electron chi connectivity index (χ2n) is 12.5. The van der Waals surface area contributed by atoms with Gasteiger partial charge in [0.25, 0.3) is 0 Å². The number of alkyl halides is 1. The largest absolute Gasteiger partial charge is 0.467 e. The van der Waals surface area contributed by atoms with Gasteiger partial charge in [0.15, 0.2) is 0 Å². The Morgan fingerprint density at radius 2 is 1.94 bits per heavy atom. The Morgan fingerprint density at radius 1 is 1.18 bits per heavy atom. The Bertz CT molecular complexity index is 2010. The van der Waals surface area contributed by atoms with Crippen molar-refractivity contribution in [1.82, 2.24) is 19.8 Å². The van der Waals surface area contributed by atoms with Crippen LogP contribution in [0, 0.1) is 28.5 Å². The fraction of sp³-hybridized carbons (Fsp3) is 0.417. The smallest absolute Gasteiger partial charge is 0.318 e. The highest BCUT2D eigenvalue weighted by Gasteiger charge is 2.38. The van der Waals surface area contributed by atoms with Gasteiger partial charge in [0.1, 0.15) is 34.9 Å². The van der Waals surface area contributed by atoms with Crippen LogP contribution in [0.2, 0.25) is 0 Å². The van der Waals surface area contributed by atoms with Crippen LogP contribution in [0.1, 0.15) is 50.7 Å². The molecule has 7 rings (SSSR count). The zero-order chi connectivity index (χ0) is 35.0. The van der Waals surface area contributed by atoms with E-state index >= 15 is 0 Å². The third-order valence-electron chi connectivity index (χ3n) is 9.99. The zero-order valence-electron chi connectivity index (χ0n) is 27.7. The van der Waals surface area contributed by atoms with Crippen LogP contribution in [-0.2, 0) is 4.79 Å². The van der Waals surface area contributed by atoms with Gasteiger partial charge in [-0.1, -0.05) is 18.7 Å². The summed E-state index contributed by atoms with van der Waals surface area (Å²) in [6.07, 6.45) is 4.87. The number of carbonyl (C=O) groups excluding carboxylic acids is 1. The highest BCUT2D eigenvalue weighted by atomic mass is 32.1. The number of likely N-dealkylation sites (N-methyl/N-ethyl adjacent to an activating group) is 1. The summed E-state index contributed by atoms with van der Waals surface area (Å²) in [7, 11) is 1.46. The molecule has 4 aromatic rings. The maximum absolute atomic E-state index is 14.7. The Balaban J connectivity index is 0.000000396. The molecule has 254 valence electrons. The molecule has 1 amide bonds. The van der Waals surface area contributed by atoms with Crippen molar-refractivity contribution in [3.8, 4) is 29.3 Å². The average molecular weight is 685 g/mol. The van der Waals surface area contributed by atoms with E-state index in [1.165, 1.54) is 32.1 Å². The molecule has 3 saturated heterocycles. The number of hydrogen-bond acceptors (Lipinski definition) is 10. The molecule has 3 aliphatic rings. The van der Waals surface area contributed by atoms with Crippen LogP contribution in [0.25, 0.3) is 32.1 Å². The number of benzene rings is 2. The van der Waals surface area contributed by atoms with Crippen LogP contribution < -0.4 is 15.4 Å². The summed E-state index contributed by atoms with van der Waals surface area (Å²) in [5.74, 6) is -0.0290. The molecular weight excluding hydrogens is 647 g/mol. The number of carbonyl (C=O) groups is 1. The molecular formula is C36H38F2N8O2S. The molecule has 5 heterocycles. The van der Waals surface area contributed by atoms with Crippen molar-refractivity contribution in [3.05, 3.63) is 53.9 Å². The molecule has 3 fully saturated rings. The van der Waals surface area contributed by atoms with Gasteiger partial charge in [-0.25, -0.2) is 8.78 Å². The summed E-state index contributed by atoms with van der Waals surface area (Å²) in [5.41, 5.74) is 7.82. The van der Waals surface area contributed by atoms with Crippen molar-refractivity contribution in [2.24, 2.45) is 0 Å². The second kappa shape index (κ2) is 13.9. The van der Waals surface area contributed by atoms with Crippen LogP contribution in [0.3, 0.4) is 0 Å². The summed E-state index contributed by atoms with van der Waals surface area (Å²) in [4.78, 5) is 27.8. The number of ether oxygens (including phenoxy) is 1. The summed E-state index contributed by atoms with van der Waals surface area (Å²) in [6.45, 7) is 10.7. The fourth-order valence-electron chi connectivity index (χ4n) is 7.67. The van der Waals surface area contributed by atoms with Gasteiger partial charge in [-0.05, 0) is 69.8 Å². The van der Waals surface area contributed by atoms with Gasteiger partial charge < -0.3 is 20.3 Å². The molecule has 0 radical (unpaired) electrons. The highest BCUT2D eigenvalue weighted by molar-refractivity contribution is 7.23. The lowest BCUT2D eigenvalue weighted by atomic mass is 9.93. The maximum Gasteiger partial charge on any atom is 0.318 e. The third-order valence-corrected chi connectivity index (χ3v) is 11.0. The lowest BCUT2D eigenvalue weighted by Crippen LogP contribution is -2.45. The summed E-state index contributed by atoms with van der Waals surface area (Å²) < 4.78 is 33.0. The molecule has 0 saturated carbocycles. The van der Waals surface area contributed by atoms with Crippen LogP contribution in [0.4, 0.5) is 19.6 Å². The number of halogens is 2. The normalized spacial score (nSPS) is 21.6. The van der Waals surface area contributed by atoms with Crippen molar-refractivity contribution < 1.29 is 18.3 Å². The molecule has 49 heavy (non-hydrogen) atoms. The van der Waals surface area contributed by atoms with Crippen LogP contribution in [-0.4, -0.2) is 83.3 Å². The molecule has 3 aliphatic heterocycles. The number of nitriles is 2. The van der Waals surface area contributed by atoms with Crippen LogP contribution in [0.15, 0.2) is 36.9 Å². The van der Waals surface area contributed by atoms with Gasteiger partial charge in [-0.3, -0.25) is 9.69 Å². The van der Waals surface area contributed by atoms with Crippen molar-refractivity contribution in [2.75, 3.05) is 43.9 Å². The molecule has 0 bridgehead atoms. The number of nitrogens with zero attached hydrogens (tertiary/aromatic N) is 7. The van der Waals surface area contributed by atoms with Crippen molar-refractivity contribution in [2.45, 2.75) is 63.8 Å². The molecule has 0 aliphatic carbocycles. The average Bonchev–Trinajstić information content (AvgIpc) is 3.87. The van der Waals surface area contributed by atoms with E-state index < -0.39 is 12.0 Å². The van der Waals surface area contributed by atoms with E-state index in [1.807, 2.05) is 19.9 Å². The first-order chi connectivity index (χ1) is 23.6. The number of nitrogens with two attached hydrogens (primary N) is 1. The van der Waals surface area contributed by atoms with Gasteiger partial charge >= 0.3 is 6.01 Å². The van der Waals surface area contributed by atoms with Crippen LogP contribution in [0.5, 0.6) is 6.01 Å².